The molecule has 2 unspecified atom stereocenters. The normalized spacial score (nSPS) is 40.4. The third kappa shape index (κ3) is 4.58. The fourth-order valence-corrected chi connectivity index (χ4v) is 10.9. The van der Waals surface area contributed by atoms with Gasteiger partial charge in [0.2, 0.25) is 0 Å². The summed E-state index contributed by atoms with van der Waals surface area (Å²) in [7, 11) is 0. The summed E-state index contributed by atoms with van der Waals surface area (Å²) in [5.74, 6) is 5.99. The molecule has 4 saturated carbocycles. The Hall–Kier alpha value is -1.64. The molecule has 1 aromatic carbocycles. The minimum absolute atomic E-state index is 0.129. The van der Waals surface area contributed by atoms with Gasteiger partial charge in [0.15, 0.2) is 0 Å². The first-order chi connectivity index (χ1) is 17.9. The molecule has 4 aliphatic carbocycles. The first-order valence-electron chi connectivity index (χ1n) is 15.8. The summed E-state index contributed by atoms with van der Waals surface area (Å²) < 4.78 is 6.67. The molecule has 4 aliphatic rings. The highest BCUT2D eigenvalue weighted by molar-refractivity contribution is 5.60. The van der Waals surface area contributed by atoms with Gasteiger partial charge >= 0.3 is 0 Å². The Labute approximate surface area is 233 Å². The number of allylic oxidation sites excluding steroid dienone is 2. The predicted molar refractivity (Wildman–Crippen MR) is 162 cm³/mol. The van der Waals surface area contributed by atoms with E-state index < -0.39 is 0 Å². The summed E-state index contributed by atoms with van der Waals surface area (Å²) in [5.41, 5.74) is 16.2. The van der Waals surface area contributed by atoms with Crippen molar-refractivity contribution in [1.29, 1.82) is 0 Å². The number of benzene rings is 1. The summed E-state index contributed by atoms with van der Waals surface area (Å²) in [6.45, 7) is 17.4. The van der Waals surface area contributed by atoms with Crippen LogP contribution in [0.15, 0.2) is 29.8 Å². The monoisotopic (exact) mass is 520 g/mol. The number of rotatable bonds is 6. The lowest BCUT2D eigenvalue weighted by atomic mass is 9.41. The molecule has 0 aromatic heterocycles. The zero-order chi connectivity index (χ0) is 27.5. The third-order valence-electron chi connectivity index (χ3n) is 12.8. The Morgan fingerprint density at radius 3 is 2.37 bits per heavy atom. The number of hydrogen-bond acceptors (Lipinski definition) is 3. The van der Waals surface area contributed by atoms with Gasteiger partial charge in [-0.05, 0) is 143 Å². The predicted octanol–water partition coefficient (Wildman–Crippen LogP) is 9.28. The number of hydrogen-bond donors (Lipinski definition) is 2. The van der Waals surface area contributed by atoms with Crippen LogP contribution in [0.2, 0.25) is 0 Å². The Balaban J connectivity index is 1.31. The minimum Gasteiger partial charge on any atom is -0.488 e. The van der Waals surface area contributed by atoms with Gasteiger partial charge in [0.25, 0.3) is 0 Å². The molecular weight excluding hydrogens is 464 g/mol. The standard InChI is InChI=1S/C35H56N2O/c1-22(2)9-8-10-23(3)26-13-14-27-25-12-16-31-33(4,5)32(38-30-15-11-24(36)21-29(30)37)18-20-35(31,7)28(25)17-19-34(26,27)6/h9,11,15,21,23,25-28,31-32H,8,10,12-14,16-20,36-37H2,1-7H3/t23-,25+,26-,27+,28+,31?,32?,34-,35-/m1/s1. The van der Waals surface area contributed by atoms with Crippen LogP contribution in [0.25, 0.3) is 0 Å². The zero-order valence-electron chi connectivity index (χ0n) is 25.5. The van der Waals surface area contributed by atoms with Crippen molar-refractivity contribution in [3.05, 3.63) is 29.8 Å². The molecule has 0 heterocycles. The molecule has 3 heteroatoms. The molecule has 0 bridgehead atoms. The zero-order valence-corrected chi connectivity index (χ0v) is 25.5. The van der Waals surface area contributed by atoms with E-state index in [2.05, 4.69) is 54.5 Å². The van der Waals surface area contributed by atoms with Crippen molar-refractivity contribution in [2.75, 3.05) is 11.5 Å². The highest BCUT2D eigenvalue weighted by Crippen LogP contribution is 2.70. The topological polar surface area (TPSA) is 61.3 Å². The van der Waals surface area contributed by atoms with E-state index in [0.717, 1.165) is 41.8 Å². The van der Waals surface area contributed by atoms with Crippen molar-refractivity contribution in [3.63, 3.8) is 0 Å². The summed E-state index contributed by atoms with van der Waals surface area (Å²) in [6.07, 6.45) is 16.3. The molecule has 38 heavy (non-hydrogen) atoms. The average molecular weight is 521 g/mol. The van der Waals surface area contributed by atoms with Gasteiger partial charge in [0.1, 0.15) is 11.9 Å². The van der Waals surface area contributed by atoms with Gasteiger partial charge < -0.3 is 16.2 Å². The first-order valence-corrected chi connectivity index (χ1v) is 15.8. The average Bonchev–Trinajstić information content (AvgIpc) is 3.19. The lowest BCUT2D eigenvalue weighted by molar-refractivity contribution is -0.174. The number of nitrogen functional groups attached to an aromatic ring is 2. The van der Waals surface area contributed by atoms with Crippen molar-refractivity contribution in [3.8, 4) is 5.75 Å². The smallest absolute Gasteiger partial charge is 0.142 e. The van der Waals surface area contributed by atoms with E-state index in [1.807, 2.05) is 18.2 Å². The minimum atomic E-state index is 0.129. The fourth-order valence-electron chi connectivity index (χ4n) is 10.9. The molecule has 3 nitrogen and oxygen atoms in total. The van der Waals surface area contributed by atoms with Crippen LogP contribution >= 0.6 is 0 Å². The molecule has 0 saturated heterocycles. The molecule has 1 aromatic rings. The van der Waals surface area contributed by atoms with Gasteiger partial charge in [-0.15, -0.1) is 0 Å². The molecule has 5 rings (SSSR count). The first kappa shape index (κ1) is 27.9. The van der Waals surface area contributed by atoms with E-state index in [-0.39, 0.29) is 11.5 Å². The summed E-state index contributed by atoms with van der Waals surface area (Å²) >= 11 is 0. The Bertz CT molecular complexity index is 1040. The largest absolute Gasteiger partial charge is 0.488 e. The Kier molecular flexibility index (Phi) is 7.40. The maximum absolute atomic E-state index is 6.67. The number of fused-ring (bicyclic) bond motifs is 5. The Morgan fingerprint density at radius 2 is 1.66 bits per heavy atom. The van der Waals surface area contributed by atoms with Crippen molar-refractivity contribution >= 4 is 11.4 Å². The molecule has 9 atom stereocenters. The van der Waals surface area contributed by atoms with E-state index in [1.165, 1.54) is 63.4 Å². The van der Waals surface area contributed by atoms with Crippen LogP contribution in [0.4, 0.5) is 11.4 Å². The fraction of sp³-hybridized carbons (Fsp3) is 0.771. The SMILES string of the molecule is CC(C)=CCC[C@@H](C)[C@H]1CC[C@H]2[C@@H]3CCC4C(C)(C)C(Oc5ccc(N)cc5N)CC[C@]4(C)[C@H]3CC[C@]12C. The maximum Gasteiger partial charge on any atom is 0.142 e. The third-order valence-corrected chi connectivity index (χ3v) is 12.8. The van der Waals surface area contributed by atoms with Crippen LogP contribution in [0.5, 0.6) is 5.75 Å². The van der Waals surface area contributed by atoms with E-state index >= 15 is 0 Å². The van der Waals surface area contributed by atoms with Crippen molar-refractivity contribution in [2.24, 2.45) is 51.8 Å². The molecule has 4 fully saturated rings. The molecule has 4 N–H and O–H groups in total. The lowest BCUT2D eigenvalue weighted by Crippen LogP contribution is -2.60. The molecule has 0 aliphatic heterocycles. The van der Waals surface area contributed by atoms with Gasteiger partial charge in [-0.3, -0.25) is 0 Å². The lowest BCUT2D eigenvalue weighted by Gasteiger charge is -2.65. The van der Waals surface area contributed by atoms with Gasteiger partial charge in [0, 0.05) is 11.1 Å². The van der Waals surface area contributed by atoms with Crippen LogP contribution in [-0.4, -0.2) is 6.10 Å². The maximum atomic E-state index is 6.67. The molecule has 0 radical (unpaired) electrons. The van der Waals surface area contributed by atoms with E-state index in [1.54, 1.807) is 0 Å². The highest BCUT2D eigenvalue weighted by Gasteiger charge is 2.63. The molecule has 212 valence electrons. The second-order valence-corrected chi connectivity index (χ2v) is 15.3. The second kappa shape index (κ2) is 10.1. The quantitative estimate of drug-likeness (QED) is 0.290. The van der Waals surface area contributed by atoms with Crippen LogP contribution in [-0.2, 0) is 0 Å². The number of ether oxygens (including phenoxy) is 1. The highest BCUT2D eigenvalue weighted by atomic mass is 16.5. The number of anilines is 2. The Morgan fingerprint density at radius 1 is 0.947 bits per heavy atom. The molecule has 0 spiro atoms. The van der Waals surface area contributed by atoms with Gasteiger partial charge in [0.05, 0.1) is 5.69 Å². The van der Waals surface area contributed by atoms with E-state index in [4.69, 9.17) is 16.2 Å². The van der Waals surface area contributed by atoms with Crippen molar-refractivity contribution in [1.82, 2.24) is 0 Å². The van der Waals surface area contributed by atoms with Gasteiger partial charge in [-0.25, -0.2) is 0 Å². The van der Waals surface area contributed by atoms with E-state index in [0.29, 0.717) is 28.1 Å². The van der Waals surface area contributed by atoms with Crippen molar-refractivity contribution in [2.45, 2.75) is 119 Å². The summed E-state index contributed by atoms with van der Waals surface area (Å²) in [6, 6.07) is 5.70. The van der Waals surface area contributed by atoms with Gasteiger partial charge in [-0.1, -0.05) is 46.3 Å². The van der Waals surface area contributed by atoms with Crippen LogP contribution in [0.1, 0.15) is 113 Å². The number of nitrogens with two attached hydrogens (primary N) is 2. The van der Waals surface area contributed by atoms with Crippen molar-refractivity contribution < 1.29 is 4.74 Å². The van der Waals surface area contributed by atoms with Crippen LogP contribution < -0.4 is 16.2 Å². The summed E-state index contributed by atoms with van der Waals surface area (Å²) in [5, 5.41) is 0. The molecule has 0 amide bonds. The van der Waals surface area contributed by atoms with Crippen LogP contribution in [0.3, 0.4) is 0 Å². The van der Waals surface area contributed by atoms with Crippen LogP contribution in [0, 0.1) is 51.8 Å². The second-order valence-electron chi connectivity index (χ2n) is 15.3. The van der Waals surface area contributed by atoms with Gasteiger partial charge in [-0.2, -0.15) is 0 Å². The van der Waals surface area contributed by atoms with E-state index in [9.17, 15) is 0 Å². The molecular formula is C35H56N2O. The summed E-state index contributed by atoms with van der Waals surface area (Å²) in [4.78, 5) is 0.